The molecule has 0 atom stereocenters. The van der Waals surface area contributed by atoms with Crippen LogP contribution in [0.4, 0.5) is 17.6 Å². The van der Waals surface area contributed by atoms with Gasteiger partial charge >= 0.3 is 6.01 Å². The van der Waals surface area contributed by atoms with Gasteiger partial charge in [-0.1, -0.05) is 24.6 Å². The molecule has 0 radical (unpaired) electrons. The molecule has 0 fully saturated rings. The van der Waals surface area contributed by atoms with Gasteiger partial charge in [0.1, 0.15) is 0 Å². The molecule has 1 heterocycles. The third-order valence-electron chi connectivity index (χ3n) is 2.15. The van der Waals surface area contributed by atoms with Crippen LogP contribution in [0.25, 0.3) is 0 Å². The topological polar surface area (TPSA) is 86.0 Å². The summed E-state index contributed by atoms with van der Waals surface area (Å²) in [7, 11) is 0. The van der Waals surface area contributed by atoms with E-state index in [1.54, 1.807) is 12.1 Å². The van der Waals surface area contributed by atoms with Crippen molar-refractivity contribution in [3.8, 4) is 6.01 Å². The number of benzene rings is 1. The zero-order valence-electron chi connectivity index (χ0n) is 10.4. The second-order valence-corrected chi connectivity index (χ2v) is 4.22. The summed E-state index contributed by atoms with van der Waals surface area (Å²) in [6.07, 6.45) is 0.864. The molecule has 100 valence electrons. The molecule has 0 saturated heterocycles. The van der Waals surface area contributed by atoms with Crippen molar-refractivity contribution >= 4 is 29.2 Å². The number of aromatic nitrogens is 3. The van der Waals surface area contributed by atoms with Gasteiger partial charge in [-0.25, -0.2) is 0 Å². The van der Waals surface area contributed by atoms with Gasteiger partial charge in [0, 0.05) is 10.7 Å². The molecule has 0 bridgehead atoms. The van der Waals surface area contributed by atoms with E-state index in [0.717, 1.165) is 12.1 Å². The van der Waals surface area contributed by atoms with E-state index in [-0.39, 0.29) is 12.0 Å². The van der Waals surface area contributed by atoms with Gasteiger partial charge in [-0.3, -0.25) is 0 Å². The van der Waals surface area contributed by atoms with Gasteiger partial charge in [-0.05, 0) is 24.6 Å². The number of ether oxygens (including phenoxy) is 1. The standard InChI is InChI=1S/C12H14ClN5O/c1-2-6-19-12-17-10(14)16-11(18-12)15-9-5-3-4-8(13)7-9/h3-5,7H,2,6H2,1H3,(H3,14,15,16,17,18). The lowest BCUT2D eigenvalue weighted by Gasteiger charge is -2.07. The summed E-state index contributed by atoms with van der Waals surface area (Å²) in [6, 6.07) is 7.42. The number of nitrogens with two attached hydrogens (primary N) is 1. The number of hydrogen-bond acceptors (Lipinski definition) is 6. The molecule has 6 nitrogen and oxygen atoms in total. The minimum Gasteiger partial charge on any atom is -0.463 e. The predicted molar refractivity (Wildman–Crippen MR) is 74.8 cm³/mol. The zero-order chi connectivity index (χ0) is 13.7. The van der Waals surface area contributed by atoms with Gasteiger partial charge in [0.15, 0.2) is 0 Å². The molecule has 0 saturated carbocycles. The van der Waals surface area contributed by atoms with E-state index in [2.05, 4.69) is 20.3 Å². The molecule has 0 aliphatic heterocycles. The second-order valence-electron chi connectivity index (χ2n) is 3.78. The number of nitrogens with one attached hydrogen (secondary N) is 1. The first-order chi connectivity index (χ1) is 9.17. The minimum atomic E-state index is 0.102. The normalized spacial score (nSPS) is 10.2. The lowest BCUT2D eigenvalue weighted by molar-refractivity contribution is 0.292. The Morgan fingerprint density at radius 1 is 1.32 bits per heavy atom. The minimum absolute atomic E-state index is 0.102. The van der Waals surface area contributed by atoms with Crippen molar-refractivity contribution in [1.82, 2.24) is 15.0 Å². The Balaban J connectivity index is 2.17. The van der Waals surface area contributed by atoms with Crippen LogP contribution < -0.4 is 15.8 Å². The molecule has 1 aromatic carbocycles. The van der Waals surface area contributed by atoms with Crippen molar-refractivity contribution in [2.24, 2.45) is 0 Å². The van der Waals surface area contributed by atoms with Crippen molar-refractivity contribution in [3.05, 3.63) is 29.3 Å². The average molecular weight is 280 g/mol. The Hall–Kier alpha value is -2.08. The molecular formula is C12H14ClN5O. The number of nitrogen functional groups attached to an aromatic ring is 1. The monoisotopic (exact) mass is 279 g/mol. The molecule has 1 aromatic heterocycles. The zero-order valence-corrected chi connectivity index (χ0v) is 11.2. The highest BCUT2D eigenvalue weighted by molar-refractivity contribution is 6.30. The largest absolute Gasteiger partial charge is 0.463 e. The van der Waals surface area contributed by atoms with E-state index in [4.69, 9.17) is 22.1 Å². The summed E-state index contributed by atoms with van der Waals surface area (Å²) in [4.78, 5) is 12.0. The van der Waals surface area contributed by atoms with Gasteiger partial charge in [-0.15, -0.1) is 0 Å². The van der Waals surface area contributed by atoms with Crippen LogP contribution >= 0.6 is 11.6 Å². The quantitative estimate of drug-likeness (QED) is 0.875. The molecule has 0 spiro atoms. The fourth-order valence-corrected chi connectivity index (χ4v) is 1.57. The molecule has 0 amide bonds. The fraction of sp³-hybridized carbons (Fsp3) is 0.250. The highest BCUT2D eigenvalue weighted by Gasteiger charge is 2.05. The van der Waals surface area contributed by atoms with Crippen LogP contribution in [0.1, 0.15) is 13.3 Å². The third-order valence-corrected chi connectivity index (χ3v) is 2.38. The van der Waals surface area contributed by atoms with Crippen molar-refractivity contribution < 1.29 is 4.74 Å². The van der Waals surface area contributed by atoms with Gasteiger partial charge in [0.05, 0.1) is 6.61 Å². The maximum Gasteiger partial charge on any atom is 0.323 e. The summed E-state index contributed by atoms with van der Waals surface area (Å²) in [5.74, 6) is 0.423. The Bertz CT molecular complexity index is 564. The van der Waals surface area contributed by atoms with Crippen LogP contribution in [-0.2, 0) is 0 Å². The lowest BCUT2D eigenvalue weighted by atomic mass is 10.3. The first-order valence-corrected chi connectivity index (χ1v) is 6.22. The van der Waals surface area contributed by atoms with Crippen LogP contribution in [0.5, 0.6) is 6.01 Å². The average Bonchev–Trinajstić information content (AvgIpc) is 2.35. The number of hydrogen-bond donors (Lipinski definition) is 2. The summed E-state index contributed by atoms with van der Waals surface area (Å²) in [5, 5.41) is 3.62. The highest BCUT2D eigenvalue weighted by atomic mass is 35.5. The van der Waals surface area contributed by atoms with Gasteiger partial charge < -0.3 is 15.8 Å². The van der Waals surface area contributed by atoms with Crippen molar-refractivity contribution in [2.75, 3.05) is 17.7 Å². The number of anilines is 3. The van der Waals surface area contributed by atoms with Gasteiger partial charge in [-0.2, -0.15) is 15.0 Å². The fourth-order valence-electron chi connectivity index (χ4n) is 1.38. The molecule has 0 unspecified atom stereocenters. The predicted octanol–water partition coefficient (Wildman–Crippen LogP) is 2.64. The molecule has 0 aliphatic carbocycles. The molecule has 19 heavy (non-hydrogen) atoms. The Kier molecular flexibility index (Phi) is 4.35. The van der Waals surface area contributed by atoms with E-state index < -0.39 is 0 Å². The van der Waals surface area contributed by atoms with E-state index in [1.165, 1.54) is 0 Å². The summed E-state index contributed by atoms with van der Waals surface area (Å²) in [6.45, 7) is 2.52. The Morgan fingerprint density at radius 2 is 2.16 bits per heavy atom. The van der Waals surface area contributed by atoms with Crippen molar-refractivity contribution in [2.45, 2.75) is 13.3 Å². The smallest absolute Gasteiger partial charge is 0.323 e. The molecule has 2 aromatic rings. The molecular weight excluding hydrogens is 266 g/mol. The first-order valence-electron chi connectivity index (χ1n) is 5.84. The lowest BCUT2D eigenvalue weighted by Crippen LogP contribution is -2.07. The van der Waals surface area contributed by atoms with E-state index >= 15 is 0 Å². The van der Waals surface area contributed by atoms with Crippen LogP contribution in [0.2, 0.25) is 5.02 Å². The van der Waals surface area contributed by atoms with Gasteiger partial charge in [0.25, 0.3) is 0 Å². The highest BCUT2D eigenvalue weighted by Crippen LogP contribution is 2.19. The number of nitrogens with zero attached hydrogens (tertiary/aromatic N) is 3. The second kappa shape index (κ2) is 6.19. The van der Waals surface area contributed by atoms with E-state index in [0.29, 0.717) is 17.6 Å². The van der Waals surface area contributed by atoms with Crippen LogP contribution in [0, 0.1) is 0 Å². The van der Waals surface area contributed by atoms with Crippen LogP contribution in [0.3, 0.4) is 0 Å². The maximum absolute atomic E-state index is 5.90. The van der Waals surface area contributed by atoms with Gasteiger partial charge in [0.2, 0.25) is 11.9 Å². The third kappa shape index (κ3) is 3.96. The number of rotatable bonds is 5. The van der Waals surface area contributed by atoms with Crippen LogP contribution in [0.15, 0.2) is 24.3 Å². The first kappa shape index (κ1) is 13.4. The Morgan fingerprint density at radius 3 is 2.89 bits per heavy atom. The molecule has 3 N–H and O–H groups in total. The maximum atomic E-state index is 5.90. The van der Waals surface area contributed by atoms with E-state index in [9.17, 15) is 0 Å². The summed E-state index contributed by atoms with van der Waals surface area (Å²) < 4.78 is 5.33. The Labute approximate surface area is 116 Å². The summed E-state index contributed by atoms with van der Waals surface area (Å²) in [5.41, 5.74) is 6.37. The van der Waals surface area contributed by atoms with Crippen LogP contribution in [-0.4, -0.2) is 21.6 Å². The summed E-state index contributed by atoms with van der Waals surface area (Å²) >= 11 is 5.90. The molecule has 0 aliphatic rings. The van der Waals surface area contributed by atoms with Crippen molar-refractivity contribution in [3.63, 3.8) is 0 Å². The number of halogens is 1. The molecule has 7 heteroatoms. The SMILES string of the molecule is CCCOc1nc(N)nc(Nc2cccc(Cl)c2)n1. The molecule has 2 rings (SSSR count). The van der Waals surface area contributed by atoms with Crippen molar-refractivity contribution in [1.29, 1.82) is 0 Å². The van der Waals surface area contributed by atoms with E-state index in [1.807, 2.05) is 19.1 Å².